The molecule has 0 bridgehead atoms. The molecular formula is C24H24N4O2. The minimum absolute atomic E-state index is 0.212. The number of amides is 3. The standard InChI is InChI=1S/C24H24N4O2/c1-17-7-2-5-10-21(17)27-24(30)28-22(23(29)26-14-6-13-25)16-18-11-12-19-8-3-4-9-20(19)15-18/h2-5,7-12,15,22H,6,14,16H2,1H3,(H,26,29)(H2,27,28,30). The maximum absolute atomic E-state index is 12.7. The van der Waals surface area contributed by atoms with Crippen LogP contribution in [-0.2, 0) is 11.2 Å². The van der Waals surface area contributed by atoms with Gasteiger partial charge in [0.2, 0.25) is 5.91 Å². The van der Waals surface area contributed by atoms with Gasteiger partial charge in [-0.25, -0.2) is 4.79 Å². The highest BCUT2D eigenvalue weighted by Crippen LogP contribution is 2.17. The van der Waals surface area contributed by atoms with Crippen LogP contribution in [-0.4, -0.2) is 24.5 Å². The number of nitrogens with zero attached hydrogens (tertiary/aromatic N) is 1. The molecule has 0 saturated carbocycles. The van der Waals surface area contributed by atoms with Crippen LogP contribution in [0.3, 0.4) is 0 Å². The lowest BCUT2D eigenvalue weighted by Gasteiger charge is -2.19. The Bertz CT molecular complexity index is 1090. The van der Waals surface area contributed by atoms with E-state index < -0.39 is 12.1 Å². The van der Waals surface area contributed by atoms with Crippen molar-refractivity contribution in [3.05, 3.63) is 77.9 Å². The number of nitriles is 1. The number of hydrogen-bond acceptors (Lipinski definition) is 3. The summed E-state index contributed by atoms with van der Waals surface area (Å²) >= 11 is 0. The zero-order valence-corrected chi connectivity index (χ0v) is 16.8. The van der Waals surface area contributed by atoms with Crippen LogP contribution in [0.15, 0.2) is 66.7 Å². The molecule has 0 fully saturated rings. The highest BCUT2D eigenvalue weighted by atomic mass is 16.2. The maximum Gasteiger partial charge on any atom is 0.319 e. The van der Waals surface area contributed by atoms with E-state index in [0.717, 1.165) is 21.9 Å². The summed E-state index contributed by atoms with van der Waals surface area (Å²) in [6.45, 7) is 2.14. The molecule has 0 aromatic heterocycles. The summed E-state index contributed by atoms with van der Waals surface area (Å²) in [6, 6.07) is 22.2. The molecule has 0 spiro atoms. The summed E-state index contributed by atoms with van der Waals surface area (Å²) in [5.41, 5.74) is 2.55. The second-order valence-electron chi connectivity index (χ2n) is 7.05. The summed E-state index contributed by atoms with van der Waals surface area (Å²) in [5, 5.41) is 19.2. The number of para-hydroxylation sites is 1. The number of fused-ring (bicyclic) bond motifs is 1. The zero-order chi connectivity index (χ0) is 21.3. The molecule has 0 aliphatic heterocycles. The maximum atomic E-state index is 12.7. The minimum Gasteiger partial charge on any atom is -0.353 e. The van der Waals surface area contributed by atoms with Crippen LogP contribution in [0.4, 0.5) is 10.5 Å². The van der Waals surface area contributed by atoms with Gasteiger partial charge in [0.15, 0.2) is 0 Å². The first-order valence-electron chi connectivity index (χ1n) is 9.82. The second-order valence-corrected chi connectivity index (χ2v) is 7.05. The molecule has 3 rings (SSSR count). The number of aryl methyl sites for hydroxylation is 1. The Kier molecular flexibility index (Phi) is 7.01. The van der Waals surface area contributed by atoms with Crippen molar-refractivity contribution in [3.63, 3.8) is 0 Å². The number of anilines is 1. The largest absolute Gasteiger partial charge is 0.353 e. The number of nitrogens with one attached hydrogen (secondary N) is 3. The molecule has 1 atom stereocenters. The summed E-state index contributed by atoms with van der Waals surface area (Å²) < 4.78 is 0. The highest BCUT2D eigenvalue weighted by Gasteiger charge is 2.21. The predicted molar refractivity (Wildman–Crippen MR) is 118 cm³/mol. The van der Waals surface area contributed by atoms with Gasteiger partial charge in [-0.3, -0.25) is 4.79 Å². The first-order valence-corrected chi connectivity index (χ1v) is 9.82. The fourth-order valence-electron chi connectivity index (χ4n) is 3.21. The molecule has 0 heterocycles. The summed E-state index contributed by atoms with van der Waals surface area (Å²) in [6.07, 6.45) is 0.550. The van der Waals surface area contributed by atoms with Crippen molar-refractivity contribution < 1.29 is 9.59 Å². The Balaban J connectivity index is 1.75. The molecule has 0 aliphatic carbocycles. The third-order valence-corrected chi connectivity index (χ3v) is 4.80. The molecular weight excluding hydrogens is 376 g/mol. The first-order chi connectivity index (χ1) is 14.6. The smallest absolute Gasteiger partial charge is 0.319 e. The zero-order valence-electron chi connectivity index (χ0n) is 16.8. The minimum atomic E-state index is -0.770. The normalized spacial score (nSPS) is 11.3. The van der Waals surface area contributed by atoms with Gasteiger partial charge < -0.3 is 16.0 Å². The quantitative estimate of drug-likeness (QED) is 0.525. The van der Waals surface area contributed by atoms with Gasteiger partial charge >= 0.3 is 6.03 Å². The van der Waals surface area contributed by atoms with Crippen molar-refractivity contribution >= 4 is 28.4 Å². The van der Waals surface area contributed by atoms with Crippen LogP contribution in [0.5, 0.6) is 0 Å². The predicted octanol–water partition coefficient (Wildman–Crippen LogP) is 3.91. The third kappa shape index (κ3) is 5.58. The summed E-state index contributed by atoms with van der Waals surface area (Å²) in [5.74, 6) is -0.321. The molecule has 6 nitrogen and oxygen atoms in total. The fraction of sp³-hybridized carbons (Fsp3) is 0.208. The summed E-state index contributed by atoms with van der Waals surface area (Å²) in [7, 11) is 0. The van der Waals surface area contributed by atoms with Crippen LogP contribution < -0.4 is 16.0 Å². The van der Waals surface area contributed by atoms with Crippen molar-refractivity contribution in [2.75, 3.05) is 11.9 Å². The van der Waals surface area contributed by atoms with Gasteiger partial charge in [0.1, 0.15) is 6.04 Å². The average Bonchev–Trinajstić information content (AvgIpc) is 2.75. The molecule has 152 valence electrons. The molecule has 6 heteroatoms. The van der Waals surface area contributed by atoms with Crippen LogP contribution in [0.1, 0.15) is 17.5 Å². The van der Waals surface area contributed by atoms with Crippen molar-refractivity contribution in [3.8, 4) is 6.07 Å². The molecule has 3 amide bonds. The van der Waals surface area contributed by atoms with Crippen LogP contribution in [0.25, 0.3) is 10.8 Å². The number of rotatable bonds is 7. The average molecular weight is 400 g/mol. The van der Waals surface area contributed by atoms with E-state index in [1.807, 2.05) is 73.7 Å². The Morgan fingerprint density at radius 1 is 1.00 bits per heavy atom. The van der Waals surface area contributed by atoms with Crippen molar-refractivity contribution in [2.24, 2.45) is 0 Å². The number of carbonyl (C=O) groups is 2. The lowest BCUT2D eigenvalue weighted by atomic mass is 10.0. The number of urea groups is 1. The molecule has 1 unspecified atom stereocenters. The van der Waals surface area contributed by atoms with Gasteiger partial charge in [-0.05, 0) is 34.9 Å². The second kappa shape index (κ2) is 10.1. The molecule has 3 aromatic carbocycles. The molecule has 3 N–H and O–H groups in total. The van der Waals surface area contributed by atoms with Crippen molar-refractivity contribution in [2.45, 2.75) is 25.8 Å². The Hall–Kier alpha value is -3.85. The number of benzene rings is 3. The highest BCUT2D eigenvalue weighted by molar-refractivity contribution is 5.94. The van der Waals surface area contributed by atoms with Crippen LogP contribution in [0, 0.1) is 18.3 Å². The van der Waals surface area contributed by atoms with Gasteiger partial charge in [-0.1, -0.05) is 60.7 Å². The lowest BCUT2D eigenvalue weighted by molar-refractivity contribution is -0.122. The van der Waals surface area contributed by atoms with Gasteiger partial charge in [0.25, 0.3) is 0 Å². The SMILES string of the molecule is Cc1ccccc1NC(=O)NC(Cc1ccc2ccccc2c1)C(=O)NCCC#N. The molecule has 3 aromatic rings. The Labute approximate surface area is 175 Å². The topological polar surface area (TPSA) is 94.0 Å². The molecule has 30 heavy (non-hydrogen) atoms. The molecule has 0 saturated heterocycles. The van der Waals surface area contributed by atoms with Gasteiger partial charge in [0, 0.05) is 18.7 Å². The van der Waals surface area contributed by atoms with E-state index in [0.29, 0.717) is 12.1 Å². The van der Waals surface area contributed by atoms with E-state index in [4.69, 9.17) is 5.26 Å². The Morgan fingerprint density at radius 3 is 2.50 bits per heavy atom. The van der Waals surface area contributed by atoms with E-state index in [1.54, 1.807) is 6.07 Å². The van der Waals surface area contributed by atoms with E-state index in [1.165, 1.54) is 0 Å². The number of hydrogen-bond donors (Lipinski definition) is 3. The molecule has 0 aliphatic rings. The van der Waals surface area contributed by atoms with Gasteiger partial charge in [0.05, 0.1) is 12.5 Å². The van der Waals surface area contributed by atoms with E-state index in [-0.39, 0.29) is 18.9 Å². The molecule has 0 radical (unpaired) electrons. The van der Waals surface area contributed by atoms with E-state index in [2.05, 4.69) is 16.0 Å². The van der Waals surface area contributed by atoms with E-state index in [9.17, 15) is 9.59 Å². The third-order valence-electron chi connectivity index (χ3n) is 4.80. The first kappa shape index (κ1) is 20.9. The fourth-order valence-corrected chi connectivity index (χ4v) is 3.21. The van der Waals surface area contributed by atoms with Gasteiger partial charge in [-0.2, -0.15) is 5.26 Å². The lowest BCUT2D eigenvalue weighted by Crippen LogP contribution is -2.49. The van der Waals surface area contributed by atoms with Crippen molar-refractivity contribution in [1.29, 1.82) is 5.26 Å². The van der Waals surface area contributed by atoms with Crippen LogP contribution in [0.2, 0.25) is 0 Å². The van der Waals surface area contributed by atoms with Crippen LogP contribution >= 0.6 is 0 Å². The number of carbonyl (C=O) groups excluding carboxylic acids is 2. The monoisotopic (exact) mass is 400 g/mol. The van der Waals surface area contributed by atoms with E-state index >= 15 is 0 Å². The van der Waals surface area contributed by atoms with Gasteiger partial charge in [-0.15, -0.1) is 0 Å². The van der Waals surface area contributed by atoms with Crippen molar-refractivity contribution in [1.82, 2.24) is 10.6 Å². The Morgan fingerprint density at radius 2 is 1.73 bits per heavy atom. The summed E-state index contributed by atoms with van der Waals surface area (Å²) in [4.78, 5) is 25.2.